The molecular weight excluding hydrogens is 178 g/mol. The van der Waals surface area contributed by atoms with Gasteiger partial charge in [0.25, 0.3) is 5.95 Å². The van der Waals surface area contributed by atoms with E-state index in [0.29, 0.717) is 0 Å². The van der Waals surface area contributed by atoms with E-state index < -0.39 is 4.92 Å². The molecule has 0 aromatic carbocycles. The summed E-state index contributed by atoms with van der Waals surface area (Å²) in [4.78, 5) is 14.3. The molecule has 0 unspecified atom stereocenters. The summed E-state index contributed by atoms with van der Waals surface area (Å²) in [7, 11) is 0. The number of nitrogens with one attached hydrogen (secondary N) is 1. The molecule has 0 amide bonds. The predicted octanol–water partition coefficient (Wildman–Crippen LogP) is -0.706. The highest BCUT2D eigenvalue weighted by molar-refractivity contribution is 5.12. The third kappa shape index (κ3) is 1.21. The Morgan fingerprint density at radius 1 is 1.62 bits per heavy atom. The summed E-state index contributed by atoms with van der Waals surface area (Å²) in [6.45, 7) is 0. The first-order chi connectivity index (χ1) is 6.27. The van der Waals surface area contributed by atoms with Gasteiger partial charge in [-0.1, -0.05) is 0 Å². The molecule has 66 valence electrons. The molecule has 2 aromatic rings. The van der Waals surface area contributed by atoms with Gasteiger partial charge in [0.05, 0.1) is 5.10 Å². The quantitative estimate of drug-likeness (QED) is 0.483. The molecule has 0 aliphatic rings. The van der Waals surface area contributed by atoms with Crippen molar-refractivity contribution in [3.8, 4) is 5.95 Å². The van der Waals surface area contributed by atoms with Gasteiger partial charge in [0.15, 0.2) is 6.20 Å². The molecule has 0 spiro atoms. The summed E-state index contributed by atoms with van der Waals surface area (Å²) >= 11 is 0. The van der Waals surface area contributed by atoms with Crippen molar-refractivity contribution in [3.63, 3.8) is 0 Å². The molecule has 0 radical (unpaired) electrons. The molecule has 2 aromatic heterocycles. The Balaban J connectivity index is 2.39. The fourth-order valence-electron chi connectivity index (χ4n) is 0.736. The zero-order valence-electron chi connectivity index (χ0n) is 6.15. The highest BCUT2D eigenvalue weighted by Crippen LogP contribution is 2.03. The topological polar surface area (TPSA) is 115 Å². The first-order valence-electron chi connectivity index (χ1n) is 3.20. The van der Waals surface area contributed by atoms with Crippen molar-refractivity contribution < 1.29 is 4.92 Å². The van der Waals surface area contributed by atoms with Crippen molar-refractivity contribution in [2.45, 2.75) is 0 Å². The molecule has 2 heterocycles. The summed E-state index contributed by atoms with van der Waals surface area (Å²) < 4.78 is 0. The van der Waals surface area contributed by atoms with Gasteiger partial charge in [-0.2, -0.15) is 10.1 Å². The monoisotopic (exact) mass is 181 g/mol. The van der Waals surface area contributed by atoms with Crippen LogP contribution < -0.4 is 0 Å². The van der Waals surface area contributed by atoms with Gasteiger partial charge in [0, 0.05) is 0 Å². The van der Waals surface area contributed by atoms with E-state index in [1.54, 1.807) is 0 Å². The van der Waals surface area contributed by atoms with Crippen LogP contribution in [-0.2, 0) is 0 Å². The van der Waals surface area contributed by atoms with Crippen molar-refractivity contribution in [1.29, 1.82) is 0 Å². The SMILES string of the molecule is O=[N+]([O-])c1cnn(-c2ncn[nH]2)n1. The molecule has 13 heavy (non-hydrogen) atoms. The molecule has 0 bridgehead atoms. The third-order valence-electron chi connectivity index (χ3n) is 1.26. The van der Waals surface area contributed by atoms with Crippen LogP contribution in [0.4, 0.5) is 5.82 Å². The number of rotatable bonds is 2. The summed E-state index contributed by atoms with van der Waals surface area (Å²) in [5.41, 5.74) is 0. The standard InChI is InChI=1S/C4H3N7O2/c12-11(13)3-1-7-10(9-3)4-5-2-6-8-4/h1-2H,(H,5,6,8). The second-order valence-corrected chi connectivity index (χ2v) is 2.06. The van der Waals surface area contributed by atoms with E-state index in [2.05, 4.69) is 25.4 Å². The zero-order valence-corrected chi connectivity index (χ0v) is 6.15. The Bertz CT molecular complexity index is 417. The second kappa shape index (κ2) is 2.62. The number of H-pyrrole nitrogens is 1. The number of aromatic amines is 1. The number of aromatic nitrogens is 6. The summed E-state index contributed by atoms with van der Waals surface area (Å²) in [6.07, 6.45) is 2.28. The third-order valence-corrected chi connectivity index (χ3v) is 1.26. The summed E-state index contributed by atoms with van der Waals surface area (Å²) in [5, 5.41) is 23.4. The van der Waals surface area contributed by atoms with Crippen LogP contribution in [0, 0.1) is 10.1 Å². The average molecular weight is 181 g/mol. The van der Waals surface area contributed by atoms with Crippen molar-refractivity contribution >= 4 is 5.82 Å². The molecule has 0 atom stereocenters. The molecule has 9 heteroatoms. The molecule has 0 aliphatic carbocycles. The largest absolute Gasteiger partial charge is 0.410 e. The molecule has 1 N–H and O–H groups in total. The van der Waals surface area contributed by atoms with Crippen LogP contribution in [0.15, 0.2) is 12.5 Å². The van der Waals surface area contributed by atoms with Gasteiger partial charge in [-0.05, 0) is 9.72 Å². The molecule has 0 fully saturated rings. The van der Waals surface area contributed by atoms with Crippen molar-refractivity contribution in [2.75, 3.05) is 0 Å². The molecule has 9 nitrogen and oxygen atoms in total. The molecule has 0 saturated carbocycles. The number of nitrogens with zero attached hydrogens (tertiary/aromatic N) is 6. The van der Waals surface area contributed by atoms with E-state index in [0.717, 1.165) is 11.0 Å². The number of nitro groups is 1. The Kier molecular flexibility index (Phi) is 1.48. The van der Waals surface area contributed by atoms with E-state index in [1.807, 2.05) is 0 Å². The van der Waals surface area contributed by atoms with Gasteiger partial charge < -0.3 is 10.1 Å². The highest BCUT2D eigenvalue weighted by atomic mass is 16.6. The first-order valence-corrected chi connectivity index (χ1v) is 3.20. The van der Waals surface area contributed by atoms with Crippen LogP contribution in [0.3, 0.4) is 0 Å². The number of hydrogen-bond donors (Lipinski definition) is 1. The zero-order chi connectivity index (χ0) is 9.26. The van der Waals surface area contributed by atoms with Crippen LogP contribution in [0.1, 0.15) is 0 Å². The van der Waals surface area contributed by atoms with E-state index in [-0.39, 0.29) is 11.8 Å². The van der Waals surface area contributed by atoms with Crippen molar-refractivity contribution in [2.24, 2.45) is 0 Å². The lowest BCUT2D eigenvalue weighted by molar-refractivity contribution is -0.389. The highest BCUT2D eigenvalue weighted by Gasteiger charge is 2.14. The smallest absolute Gasteiger partial charge is 0.358 e. The van der Waals surface area contributed by atoms with Crippen LogP contribution in [0.25, 0.3) is 5.95 Å². The van der Waals surface area contributed by atoms with Crippen molar-refractivity contribution in [3.05, 3.63) is 22.6 Å². The second-order valence-electron chi connectivity index (χ2n) is 2.06. The maximum absolute atomic E-state index is 10.2. The lowest BCUT2D eigenvalue weighted by Gasteiger charge is -1.83. The van der Waals surface area contributed by atoms with Gasteiger partial charge in [0.1, 0.15) is 6.33 Å². The van der Waals surface area contributed by atoms with Gasteiger partial charge in [0.2, 0.25) is 0 Å². The minimum Gasteiger partial charge on any atom is -0.358 e. The van der Waals surface area contributed by atoms with Crippen LogP contribution >= 0.6 is 0 Å². The molecule has 2 rings (SSSR count). The van der Waals surface area contributed by atoms with Crippen molar-refractivity contribution in [1.82, 2.24) is 30.2 Å². The Morgan fingerprint density at radius 3 is 3.00 bits per heavy atom. The van der Waals surface area contributed by atoms with Crippen LogP contribution in [0.2, 0.25) is 0 Å². The molecule has 0 aliphatic heterocycles. The van der Waals surface area contributed by atoms with E-state index >= 15 is 0 Å². The molecule has 0 saturated heterocycles. The van der Waals surface area contributed by atoms with Gasteiger partial charge in [-0.15, -0.1) is 5.10 Å². The Hall–Kier alpha value is -2.32. The summed E-state index contributed by atoms with van der Waals surface area (Å²) in [6, 6.07) is 0. The van der Waals surface area contributed by atoms with Crippen LogP contribution in [-0.4, -0.2) is 35.1 Å². The predicted molar refractivity (Wildman–Crippen MR) is 38.0 cm³/mol. The summed E-state index contributed by atoms with van der Waals surface area (Å²) in [5.74, 6) is -0.107. The number of hydrogen-bond acceptors (Lipinski definition) is 6. The van der Waals surface area contributed by atoms with Gasteiger partial charge in [-0.3, -0.25) is 0 Å². The maximum Gasteiger partial charge on any atom is 0.410 e. The van der Waals surface area contributed by atoms with E-state index in [4.69, 9.17) is 0 Å². The minimum absolute atomic E-state index is 0.230. The fourth-order valence-corrected chi connectivity index (χ4v) is 0.736. The Labute approximate surface area is 70.6 Å². The van der Waals surface area contributed by atoms with Gasteiger partial charge >= 0.3 is 5.82 Å². The lowest BCUT2D eigenvalue weighted by atomic mass is 10.8. The van der Waals surface area contributed by atoms with E-state index in [1.165, 1.54) is 6.33 Å². The van der Waals surface area contributed by atoms with Gasteiger partial charge in [-0.25, -0.2) is 5.10 Å². The molecular formula is C4H3N7O2. The minimum atomic E-state index is -0.639. The van der Waals surface area contributed by atoms with Crippen LogP contribution in [0.5, 0.6) is 0 Å². The fraction of sp³-hybridized carbons (Fsp3) is 0. The average Bonchev–Trinajstić information content (AvgIpc) is 2.75. The first kappa shape index (κ1) is 7.34. The maximum atomic E-state index is 10.2. The normalized spacial score (nSPS) is 10.2. The van der Waals surface area contributed by atoms with E-state index in [9.17, 15) is 10.1 Å². The lowest BCUT2D eigenvalue weighted by Crippen LogP contribution is -2.01. The Morgan fingerprint density at radius 2 is 2.46 bits per heavy atom.